The highest BCUT2D eigenvalue weighted by atomic mass is 35.5. The Bertz CT molecular complexity index is 1220. The van der Waals surface area contributed by atoms with Crippen molar-refractivity contribution < 1.29 is 14.4 Å². The maximum absolute atomic E-state index is 12.7. The molecule has 0 saturated carbocycles. The van der Waals surface area contributed by atoms with Crippen molar-refractivity contribution in [2.45, 2.75) is 25.9 Å². The van der Waals surface area contributed by atoms with Gasteiger partial charge in [-0.1, -0.05) is 28.4 Å². The molecule has 1 atom stereocenters. The summed E-state index contributed by atoms with van der Waals surface area (Å²) < 4.78 is 8.28. The summed E-state index contributed by atoms with van der Waals surface area (Å²) in [5, 5.41) is 4.27. The molecule has 1 aromatic carbocycles. The second-order valence-corrected chi connectivity index (χ2v) is 8.02. The van der Waals surface area contributed by atoms with Crippen molar-refractivity contribution in [3.8, 4) is 5.69 Å². The molecule has 1 aliphatic heterocycles. The minimum Gasteiger partial charge on any atom is -0.463 e. The molecule has 2 aromatic rings. The summed E-state index contributed by atoms with van der Waals surface area (Å²) in [5.41, 5.74) is -1.83. The molecule has 0 aliphatic carbocycles. The van der Waals surface area contributed by atoms with Crippen LogP contribution in [0, 0.1) is 4.77 Å². The predicted molar refractivity (Wildman–Crippen MR) is 114 cm³/mol. The van der Waals surface area contributed by atoms with Crippen LogP contribution in [0.15, 0.2) is 26.9 Å². The van der Waals surface area contributed by atoms with Gasteiger partial charge in [-0.25, -0.2) is 19.0 Å². The predicted octanol–water partition coefficient (Wildman–Crippen LogP) is 2.36. The average molecular weight is 473 g/mol. The smallest absolute Gasteiger partial charge is 0.353 e. The Kier molecular flexibility index (Phi) is 5.94. The Morgan fingerprint density at radius 3 is 2.40 bits per heavy atom. The van der Waals surface area contributed by atoms with E-state index in [4.69, 9.17) is 45.0 Å². The molecule has 2 heterocycles. The van der Waals surface area contributed by atoms with Crippen LogP contribution in [0.3, 0.4) is 0 Å². The Morgan fingerprint density at radius 1 is 1.23 bits per heavy atom. The molecule has 0 saturated heterocycles. The molecule has 9 nitrogen and oxygen atoms in total. The number of hydrogen-bond acceptors (Lipinski definition) is 7. The van der Waals surface area contributed by atoms with E-state index >= 15 is 0 Å². The number of carbonyl (C=O) groups excluding carboxylic acids is 1. The molecule has 1 aliphatic rings. The number of aromatic nitrogens is 3. The molecular formula is C18H18Cl2N4O5S. The topological polar surface area (TPSA) is 96.8 Å². The number of ether oxygens (including phenoxy) is 1. The second kappa shape index (κ2) is 8.01. The molecule has 1 unspecified atom stereocenters. The Balaban J connectivity index is 2.15. The first-order valence-corrected chi connectivity index (χ1v) is 9.99. The van der Waals surface area contributed by atoms with Crippen LogP contribution in [-0.4, -0.2) is 37.6 Å². The highest BCUT2D eigenvalue weighted by Crippen LogP contribution is 2.33. The van der Waals surface area contributed by atoms with Crippen LogP contribution in [0.5, 0.6) is 0 Å². The monoisotopic (exact) mass is 472 g/mol. The first-order valence-electron chi connectivity index (χ1n) is 8.83. The summed E-state index contributed by atoms with van der Waals surface area (Å²) in [5.74, 6) is -0.563. The van der Waals surface area contributed by atoms with Crippen molar-refractivity contribution in [1.82, 2.24) is 13.7 Å². The van der Waals surface area contributed by atoms with Gasteiger partial charge in [-0.2, -0.15) is 0 Å². The number of halogens is 2. The van der Waals surface area contributed by atoms with Gasteiger partial charge < -0.3 is 9.57 Å². The second-order valence-electron chi connectivity index (χ2n) is 6.84. The minimum atomic E-state index is -1.31. The molecular weight excluding hydrogens is 455 g/mol. The summed E-state index contributed by atoms with van der Waals surface area (Å²) >= 11 is 17.7. The van der Waals surface area contributed by atoms with Crippen LogP contribution in [0.4, 0.5) is 0 Å². The SMILES string of the molecule is CCOC(=O)C1(C)CC(c2cc(-n3c(=O)n(C)c(=S)n(C)c3=O)c(Cl)cc2Cl)=NO1. The van der Waals surface area contributed by atoms with Gasteiger partial charge in [-0.15, -0.1) is 0 Å². The maximum atomic E-state index is 12.7. The van der Waals surface area contributed by atoms with Gasteiger partial charge in [0.05, 0.1) is 28.1 Å². The fourth-order valence-electron chi connectivity index (χ4n) is 2.98. The van der Waals surface area contributed by atoms with Crippen LogP contribution < -0.4 is 11.4 Å². The molecule has 0 N–H and O–H groups in total. The fraction of sp³-hybridized carbons (Fsp3) is 0.389. The molecule has 0 spiro atoms. The van der Waals surface area contributed by atoms with Gasteiger partial charge in [0, 0.05) is 26.1 Å². The molecule has 0 bridgehead atoms. The van der Waals surface area contributed by atoms with Crippen molar-refractivity contribution in [1.29, 1.82) is 0 Å². The van der Waals surface area contributed by atoms with Gasteiger partial charge in [0.15, 0.2) is 4.77 Å². The van der Waals surface area contributed by atoms with Crippen LogP contribution in [0.2, 0.25) is 10.0 Å². The quantitative estimate of drug-likeness (QED) is 0.500. The minimum absolute atomic E-state index is 0.0605. The lowest BCUT2D eigenvalue weighted by Gasteiger charge is -2.18. The maximum Gasteiger partial charge on any atom is 0.353 e. The average Bonchev–Trinajstić information content (AvgIpc) is 3.10. The highest BCUT2D eigenvalue weighted by Gasteiger charge is 2.44. The van der Waals surface area contributed by atoms with Crippen LogP contribution in [0.1, 0.15) is 25.8 Å². The Morgan fingerprint density at radius 2 is 1.83 bits per heavy atom. The fourth-order valence-corrected chi connectivity index (χ4v) is 3.72. The first kappa shape index (κ1) is 22.3. The first-order chi connectivity index (χ1) is 14.0. The van der Waals surface area contributed by atoms with E-state index in [1.165, 1.54) is 26.2 Å². The van der Waals surface area contributed by atoms with Crippen molar-refractivity contribution in [2.75, 3.05) is 6.61 Å². The van der Waals surface area contributed by atoms with Gasteiger partial charge in [0.1, 0.15) is 0 Å². The largest absolute Gasteiger partial charge is 0.463 e. The molecule has 3 rings (SSSR count). The van der Waals surface area contributed by atoms with Crippen molar-refractivity contribution in [2.24, 2.45) is 19.3 Å². The zero-order chi connectivity index (χ0) is 22.4. The van der Waals surface area contributed by atoms with Crippen LogP contribution in [0.25, 0.3) is 5.69 Å². The molecule has 0 radical (unpaired) electrons. The zero-order valence-electron chi connectivity index (χ0n) is 16.6. The number of hydrogen-bond donors (Lipinski definition) is 0. The van der Waals surface area contributed by atoms with Gasteiger partial charge in [0.25, 0.3) is 0 Å². The Hall–Kier alpha value is -2.43. The summed E-state index contributed by atoms with van der Waals surface area (Å²) in [7, 11) is 2.90. The summed E-state index contributed by atoms with van der Waals surface area (Å²) in [6, 6.07) is 2.85. The summed E-state index contributed by atoms with van der Waals surface area (Å²) in [4.78, 5) is 43.0. The molecule has 0 amide bonds. The lowest BCUT2D eigenvalue weighted by Crippen LogP contribution is -2.43. The van der Waals surface area contributed by atoms with E-state index in [1.807, 2.05) is 0 Å². The normalized spacial score (nSPS) is 18.1. The van der Waals surface area contributed by atoms with Crippen LogP contribution >= 0.6 is 35.4 Å². The number of carbonyl (C=O) groups is 1. The number of benzene rings is 1. The number of esters is 1. The number of nitrogens with zero attached hydrogens (tertiary/aromatic N) is 4. The van der Waals surface area contributed by atoms with Gasteiger partial charge in [0.2, 0.25) is 5.60 Å². The third kappa shape index (κ3) is 3.59. The molecule has 160 valence electrons. The highest BCUT2D eigenvalue weighted by molar-refractivity contribution is 7.71. The molecule has 12 heteroatoms. The van der Waals surface area contributed by atoms with Crippen molar-refractivity contribution in [3.05, 3.63) is 53.5 Å². The number of oxime groups is 1. The zero-order valence-corrected chi connectivity index (χ0v) is 18.9. The van der Waals surface area contributed by atoms with E-state index in [1.54, 1.807) is 13.8 Å². The van der Waals surface area contributed by atoms with Gasteiger partial charge >= 0.3 is 17.3 Å². The third-order valence-electron chi connectivity index (χ3n) is 4.69. The number of rotatable bonds is 4. The molecule has 0 fully saturated rings. The lowest BCUT2D eigenvalue weighted by atomic mass is 9.95. The van der Waals surface area contributed by atoms with Gasteiger partial charge in [-0.3, -0.25) is 9.13 Å². The van der Waals surface area contributed by atoms with Gasteiger partial charge in [-0.05, 0) is 38.2 Å². The molecule has 30 heavy (non-hydrogen) atoms. The van der Waals surface area contributed by atoms with Crippen molar-refractivity contribution in [3.63, 3.8) is 0 Å². The summed E-state index contributed by atoms with van der Waals surface area (Å²) in [6.45, 7) is 3.43. The van der Waals surface area contributed by atoms with E-state index < -0.39 is 22.9 Å². The summed E-state index contributed by atoms with van der Waals surface area (Å²) in [6.07, 6.45) is 0.0818. The van der Waals surface area contributed by atoms with Crippen LogP contribution in [-0.2, 0) is 28.5 Å². The van der Waals surface area contributed by atoms with E-state index in [2.05, 4.69) is 5.16 Å². The van der Waals surface area contributed by atoms with E-state index in [0.717, 1.165) is 13.7 Å². The van der Waals surface area contributed by atoms with E-state index in [9.17, 15) is 14.4 Å². The van der Waals surface area contributed by atoms with Crippen molar-refractivity contribution >= 4 is 47.1 Å². The lowest BCUT2D eigenvalue weighted by molar-refractivity contribution is -0.166. The Labute approximate surface area is 186 Å². The standard InChI is InChI=1S/C18H18Cl2N4O5S/c1-5-28-14(25)18(2)8-12(21-29-18)9-6-13(11(20)7-10(9)19)24-15(26)22(3)17(30)23(4)16(24)27/h6-7H,5,8H2,1-4H3. The third-order valence-corrected chi connectivity index (χ3v) is 5.85. The van der Waals surface area contributed by atoms with E-state index in [0.29, 0.717) is 11.3 Å². The molecule has 1 aromatic heterocycles. The van der Waals surface area contributed by atoms with E-state index in [-0.39, 0.29) is 33.5 Å².